The van der Waals surface area contributed by atoms with Gasteiger partial charge in [-0.15, -0.1) is 24.0 Å². The monoisotopic (exact) mass is 557 g/mol. The summed E-state index contributed by atoms with van der Waals surface area (Å²) in [6.07, 6.45) is -2.22. The number of nitrogens with one attached hydrogen (secondary N) is 2. The second-order valence-corrected chi connectivity index (χ2v) is 7.58. The van der Waals surface area contributed by atoms with Gasteiger partial charge in [0.2, 0.25) is 0 Å². The molecule has 1 aliphatic heterocycles. The van der Waals surface area contributed by atoms with Crippen molar-refractivity contribution in [3.63, 3.8) is 0 Å². The Hall–Kier alpha value is -1.27. The fraction of sp³-hybridized carbons (Fsp3) is 0.667. The number of nitrogens with zero attached hydrogens (tertiary/aromatic N) is 3. The third kappa shape index (κ3) is 9.82. The summed E-state index contributed by atoms with van der Waals surface area (Å²) >= 11 is 0. The van der Waals surface area contributed by atoms with Gasteiger partial charge in [-0.1, -0.05) is 6.07 Å². The number of rotatable bonds is 9. The van der Waals surface area contributed by atoms with Crippen molar-refractivity contribution in [2.45, 2.75) is 32.0 Å². The van der Waals surface area contributed by atoms with Crippen molar-refractivity contribution in [2.75, 3.05) is 64.9 Å². The smallest absolute Gasteiger partial charge is 0.383 e. The molecular weight excluding hydrogens is 522 g/mol. The number of halogens is 4. The molecule has 1 aromatic carbocycles. The lowest BCUT2D eigenvalue weighted by molar-refractivity contribution is -0.137. The zero-order valence-corrected chi connectivity index (χ0v) is 20.9. The van der Waals surface area contributed by atoms with Gasteiger partial charge in [-0.05, 0) is 44.5 Å². The Kier molecular flexibility index (Phi) is 12.5. The lowest BCUT2D eigenvalue weighted by Gasteiger charge is -2.36. The largest absolute Gasteiger partial charge is 0.416 e. The molecule has 0 saturated carbocycles. The van der Waals surface area contributed by atoms with Crippen LogP contribution in [0.5, 0.6) is 0 Å². The lowest BCUT2D eigenvalue weighted by atomic mass is 10.1. The fourth-order valence-corrected chi connectivity index (χ4v) is 3.50. The van der Waals surface area contributed by atoms with Gasteiger partial charge in [-0.25, -0.2) is 0 Å². The molecule has 0 amide bonds. The third-order valence-corrected chi connectivity index (χ3v) is 5.13. The molecule has 1 saturated heterocycles. The molecule has 1 heterocycles. The Morgan fingerprint density at radius 2 is 1.90 bits per heavy atom. The molecule has 1 atom stereocenters. The Morgan fingerprint density at radius 3 is 2.52 bits per heavy atom. The second-order valence-electron chi connectivity index (χ2n) is 7.58. The Labute approximate surface area is 200 Å². The highest BCUT2D eigenvalue weighted by Gasteiger charge is 2.31. The SMILES string of the molecule is CN=C(NCCCCN1CCN(c2cccc(C(F)(F)F)c2)CC1)NC(C)COC.I. The zero-order chi connectivity index (χ0) is 22.0. The third-order valence-electron chi connectivity index (χ3n) is 5.13. The molecule has 6 nitrogen and oxygen atoms in total. The molecule has 1 aliphatic rings. The highest BCUT2D eigenvalue weighted by Crippen LogP contribution is 2.31. The van der Waals surface area contributed by atoms with E-state index in [9.17, 15) is 13.2 Å². The molecule has 1 unspecified atom stereocenters. The summed E-state index contributed by atoms with van der Waals surface area (Å²) in [5.41, 5.74) is 0.0614. The van der Waals surface area contributed by atoms with Gasteiger partial charge in [-0.3, -0.25) is 9.89 Å². The average molecular weight is 557 g/mol. The number of hydrogen-bond acceptors (Lipinski definition) is 4. The summed E-state index contributed by atoms with van der Waals surface area (Å²) < 4.78 is 43.9. The number of benzene rings is 1. The predicted octanol–water partition coefficient (Wildman–Crippen LogP) is 3.43. The minimum absolute atomic E-state index is 0. The molecule has 31 heavy (non-hydrogen) atoms. The van der Waals surface area contributed by atoms with E-state index in [0.717, 1.165) is 64.1 Å². The maximum atomic E-state index is 12.9. The predicted molar refractivity (Wildman–Crippen MR) is 131 cm³/mol. The van der Waals surface area contributed by atoms with Gasteiger partial charge >= 0.3 is 6.18 Å². The average Bonchev–Trinajstić information content (AvgIpc) is 2.73. The summed E-state index contributed by atoms with van der Waals surface area (Å²) in [4.78, 5) is 8.61. The molecular formula is C21H35F3IN5O. The highest BCUT2D eigenvalue weighted by atomic mass is 127. The molecule has 0 aliphatic carbocycles. The normalized spacial score (nSPS) is 16.6. The van der Waals surface area contributed by atoms with Crippen molar-refractivity contribution >= 4 is 35.6 Å². The van der Waals surface area contributed by atoms with E-state index in [-0.39, 0.29) is 30.0 Å². The van der Waals surface area contributed by atoms with Gasteiger partial charge in [0.1, 0.15) is 0 Å². The van der Waals surface area contributed by atoms with Crippen LogP contribution in [0.3, 0.4) is 0 Å². The van der Waals surface area contributed by atoms with E-state index in [2.05, 4.69) is 20.5 Å². The van der Waals surface area contributed by atoms with Crippen molar-refractivity contribution < 1.29 is 17.9 Å². The second kappa shape index (κ2) is 14.0. The molecule has 10 heteroatoms. The molecule has 2 N–H and O–H groups in total. The van der Waals surface area contributed by atoms with Gasteiger partial charge in [0.15, 0.2) is 5.96 Å². The van der Waals surface area contributed by atoms with Crippen LogP contribution in [-0.2, 0) is 10.9 Å². The standard InChI is InChI=1S/C21H34F3N5O.HI/c1-17(16-30-3)27-20(25-2)26-9-4-5-10-28-11-13-29(14-12-28)19-8-6-7-18(15-19)21(22,23)24;/h6-8,15,17H,4-5,9-14,16H2,1-3H3,(H2,25,26,27);1H. The number of piperazine rings is 1. The minimum Gasteiger partial charge on any atom is -0.383 e. The van der Waals surface area contributed by atoms with E-state index in [1.807, 2.05) is 11.8 Å². The summed E-state index contributed by atoms with van der Waals surface area (Å²) in [5, 5.41) is 6.58. The maximum Gasteiger partial charge on any atom is 0.416 e. The summed E-state index contributed by atoms with van der Waals surface area (Å²) in [6.45, 7) is 7.69. The maximum absolute atomic E-state index is 12.9. The van der Waals surface area contributed by atoms with E-state index in [1.165, 1.54) is 12.1 Å². The van der Waals surface area contributed by atoms with E-state index < -0.39 is 11.7 Å². The van der Waals surface area contributed by atoms with Crippen LogP contribution in [0.25, 0.3) is 0 Å². The minimum atomic E-state index is -4.30. The summed E-state index contributed by atoms with van der Waals surface area (Å²) in [7, 11) is 3.42. The summed E-state index contributed by atoms with van der Waals surface area (Å²) in [5.74, 6) is 0.772. The quantitative estimate of drug-likeness (QED) is 0.211. The van der Waals surface area contributed by atoms with Crippen LogP contribution < -0.4 is 15.5 Å². The molecule has 2 rings (SSSR count). The lowest BCUT2D eigenvalue weighted by Crippen LogP contribution is -2.47. The van der Waals surface area contributed by atoms with Crippen LogP contribution >= 0.6 is 24.0 Å². The Bertz CT molecular complexity index is 667. The molecule has 0 spiro atoms. The van der Waals surface area contributed by atoms with Gasteiger partial charge in [0.05, 0.1) is 12.2 Å². The van der Waals surface area contributed by atoms with E-state index in [0.29, 0.717) is 12.3 Å². The van der Waals surface area contributed by atoms with Gasteiger partial charge in [0.25, 0.3) is 0 Å². The van der Waals surface area contributed by atoms with Crippen LogP contribution in [0, 0.1) is 0 Å². The van der Waals surface area contributed by atoms with Crippen molar-refractivity contribution in [2.24, 2.45) is 4.99 Å². The van der Waals surface area contributed by atoms with Crippen molar-refractivity contribution in [1.82, 2.24) is 15.5 Å². The van der Waals surface area contributed by atoms with Gasteiger partial charge < -0.3 is 20.3 Å². The van der Waals surface area contributed by atoms with Crippen LogP contribution in [-0.4, -0.2) is 76.9 Å². The van der Waals surface area contributed by atoms with Crippen LogP contribution in [0.4, 0.5) is 18.9 Å². The van der Waals surface area contributed by atoms with Gasteiger partial charge in [-0.2, -0.15) is 13.2 Å². The van der Waals surface area contributed by atoms with Gasteiger partial charge in [0, 0.05) is 58.6 Å². The van der Waals surface area contributed by atoms with Crippen molar-refractivity contribution in [3.8, 4) is 0 Å². The van der Waals surface area contributed by atoms with Crippen LogP contribution in [0.1, 0.15) is 25.3 Å². The number of methoxy groups -OCH3 is 1. The molecule has 0 bridgehead atoms. The van der Waals surface area contributed by atoms with Crippen molar-refractivity contribution in [3.05, 3.63) is 29.8 Å². The number of guanidine groups is 1. The molecule has 0 aromatic heterocycles. The fourth-order valence-electron chi connectivity index (χ4n) is 3.50. The number of ether oxygens (including phenoxy) is 1. The number of aliphatic imine (C=N–C) groups is 1. The molecule has 0 radical (unpaired) electrons. The first-order chi connectivity index (χ1) is 14.3. The summed E-state index contributed by atoms with van der Waals surface area (Å²) in [6, 6.07) is 5.79. The number of hydrogen-bond donors (Lipinski definition) is 2. The van der Waals surface area contributed by atoms with Crippen LogP contribution in [0.15, 0.2) is 29.3 Å². The topological polar surface area (TPSA) is 52.1 Å². The Balaban J connectivity index is 0.00000480. The first-order valence-corrected chi connectivity index (χ1v) is 10.4. The molecule has 178 valence electrons. The van der Waals surface area contributed by atoms with Crippen LogP contribution in [0.2, 0.25) is 0 Å². The zero-order valence-electron chi connectivity index (χ0n) is 18.5. The van der Waals surface area contributed by atoms with E-state index in [4.69, 9.17) is 4.74 Å². The first kappa shape index (κ1) is 27.8. The number of unbranched alkanes of at least 4 members (excludes halogenated alkanes) is 1. The number of alkyl halides is 3. The van der Waals surface area contributed by atoms with E-state index in [1.54, 1.807) is 20.2 Å². The van der Waals surface area contributed by atoms with Crippen molar-refractivity contribution in [1.29, 1.82) is 0 Å². The first-order valence-electron chi connectivity index (χ1n) is 10.4. The number of anilines is 1. The highest BCUT2D eigenvalue weighted by molar-refractivity contribution is 14.0. The molecule has 1 aromatic rings. The Morgan fingerprint density at radius 1 is 1.19 bits per heavy atom. The van der Waals surface area contributed by atoms with E-state index >= 15 is 0 Å². The molecule has 1 fully saturated rings.